The summed E-state index contributed by atoms with van der Waals surface area (Å²) in [7, 11) is 0. The van der Waals surface area contributed by atoms with E-state index >= 15 is 0 Å². The fourth-order valence-corrected chi connectivity index (χ4v) is 3.37. The second-order valence-corrected chi connectivity index (χ2v) is 7.24. The van der Waals surface area contributed by atoms with Crippen LogP contribution in [0.4, 0.5) is 5.69 Å². The Labute approximate surface area is 170 Å². The highest BCUT2D eigenvalue weighted by Crippen LogP contribution is 2.18. The van der Waals surface area contributed by atoms with E-state index in [2.05, 4.69) is 5.32 Å². The quantitative estimate of drug-likeness (QED) is 0.783. The number of rotatable bonds is 5. The van der Waals surface area contributed by atoms with Crippen molar-refractivity contribution in [1.82, 2.24) is 4.90 Å². The number of anilines is 1. The number of hydrogen-bond acceptors (Lipinski definition) is 4. The number of esters is 1. The van der Waals surface area contributed by atoms with Crippen LogP contribution in [0.1, 0.15) is 52.0 Å². The van der Waals surface area contributed by atoms with Crippen molar-refractivity contribution >= 4 is 23.5 Å². The molecular weight excluding hydrogens is 368 g/mol. The molecule has 0 aromatic heterocycles. The number of benzene rings is 2. The van der Waals surface area contributed by atoms with Gasteiger partial charge in [-0.2, -0.15) is 0 Å². The second-order valence-electron chi connectivity index (χ2n) is 7.24. The summed E-state index contributed by atoms with van der Waals surface area (Å²) in [6, 6.07) is 13.8. The Bertz CT molecular complexity index is 886. The fourth-order valence-electron chi connectivity index (χ4n) is 3.37. The van der Waals surface area contributed by atoms with E-state index in [0.29, 0.717) is 24.3 Å². The van der Waals surface area contributed by atoms with E-state index in [1.165, 1.54) is 0 Å². The maximum Gasteiger partial charge on any atom is 0.340 e. The Hall–Kier alpha value is -3.15. The summed E-state index contributed by atoms with van der Waals surface area (Å²) in [5.74, 6) is -1.12. The maximum absolute atomic E-state index is 12.5. The molecule has 29 heavy (non-hydrogen) atoms. The molecule has 0 spiro atoms. The fraction of sp³-hybridized carbons (Fsp3) is 0.348. The number of nitrogens with zero attached hydrogens (tertiary/aromatic N) is 1. The van der Waals surface area contributed by atoms with Gasteiger partial charge in [-0.3, -0.25) is 9.59 Å². The summed E-state index contributed by atoms with van der Waals surface area (Å²) >= 11 is 0. The SMILES string of the molecule is Cc1cccc(C(=O)Nc2ccccc2C(=O)OCC(=O)N2CCCCCC2)c1. The van der Waals surface area contributed by atoms with E-state index in [1.807, 2.05) is 13.0 Å². The number of aryl methyl sites for hydroxylation is 1. The van der Waals surface area contributed by atoms with Crippen LogP contribution in [0, 0.1) is 6.92 Å². The van der Waals surface area contributed by atoms with Gasteiger partial charge in [-0.05, 0) is 44.0 Å². The summed E-state index contributed by atoms with van der Waals surface area (Å²) in [6.45, 7) is 3.03. The zero-order valence-electron chi connectivity index (χ0n) is 16.6. The largest absolute Gasteiger partial charge is 0.452 e. The average Bonchev–Trinajstić information content (AvgIpc) is 3.02. The highest BCUT2D eigenvalue weighted by Gasteiger charge is 2.20. The molecule has 1 heterocycles. The molecule has 0 atom stereocenters. The van der Waals surface area contributed by atoms with Crippen LogP contribution in [-0.2, 0) is 9.53 Å². The van der Waals surface area contributed by atoms with Gasteiger partial charge in [0.25, 0.3) is 11.8 Å². The van der Waals surface area contributed by atoms with Crippen molar-refractivity contribution in [2.75, 3.05) is 25.0 Å². The molecule has 1 aliphatic rings. The molecule has 2 aromatic rings. The minimum absolute atomic E-state index is 0.179. The first-order valence-electron chi connectivity index (χ1n) is 9.96. The molecule has 6 heteroatoms. The lowest BCUT2D eigenvalue weighted by Gasteiger charge is -2.20. The first-order valence-corrected chi connectivity index (χ1v) is 9.96. The normalized spacial score (nSPS) is 14.0. The van der Waals surface area contributed by atoms with Gasteiger partial charge >= 0.3 is 5.97 Å². The van der Waals surface area contributed by atoms with E-state index in [1.54, 1.807) is 47.4 Å². The first-order chi connectivity index (χ1) is 14.0. The second kappa shape index (κ2) is 9.87. The lowest BCUT2D eigenvalue weighted by molar-refractivity contribution is -0.134. The van der Waals surface area contributed by atoms with Crippen LogP contribution in [0.25, 0.3) is 0 Å². The molecule has 0 bridgehead atoms. The van der Waals surface area contributed by atoms with Gasteiger partial charge in [-0.1, -0.05) is 42.7 Å². The lowest BCUT2D eigenvalue weighted by Crippen LogP contribution is -2.35. The number of ether oxygens (including phenoxy) is 1. The number of nitrogens with one attached hydrogen (secondary N) is 1. The number of hydrogen-bond donors (Lipinski definition) is 1. The standard InChI is InChI=1S/C23H26N2O4/c1-17-9-8-10-18(15-17)22(27)24-20-12-5-4-11-19(20)23(28)29-16-21(26)25-13-6-2-3-7-14-25/h4-5,8-12,15H,2-3,6-7,13-14,16H2,1H3,(H,24,27). The smallest absolute Gasteiger partial charge is 0.340 e. The Morgan fingerprint density at radius 2 is 1.69 bits per heavy atom. The molecular formula is C23H26N2O4. The van der Waals surface area contributed by atoms with Crippen LogP contribution in [0.3, 0.4) is 0 Å². The molecule has 1 saturated heterocycles. The number of carbonyl (C=O) groups excluding carboxylic acids is 3. The number of amides is 2. The molecule has 1 fully saturated rings. The van der Waals surface area contributed by atoms with Crippen molar-refractivity contribution in [2.45, 2.75) is 32.6 Å². The summed E-state index contributed by atoms with van der Waals surface area (Å²) in [4.78, 5) is 39.2. The highest BCUT2D eigenvalue weighted by molar-refractivity contribution is 6.08. The van der Waals surface area contributed by atoms with Gasteiger partial charge in [-0.15, -0.1) is 0 Å². The minimum Gasteiger partial charge on any atom is -0.452 e. The van der Waals surface area contributed by atoms with Gasteiger partial charge in [0.05, 0.1) is 11.3 Å². The summed E-state index contributed by atoms with van der Waals surface area (Å²) in [5, 5.41) is 2.76. The summed E-state index contributed by atoms with van der Waals surface area (Å²) < 4.78 is 5.25. The molecule has 0 aliphatic carbocycles. The number of para-hydroxylation sites is 1. The Morgan fingerprint density at radius 1 is 0.966 bits per heavy atom. The zero-order chi connectivity index (χ0) is 20.6. The van der Waals surface area contributed by atoms with E-state index in [9.17, 15) is 14.4 Å². The molecule has 3 rings (SSSR count). The Balaban J connectivity index is 1.63. The number of carbonyl (C=O) groups is 3. The molecule has 1 aliphatic heterocycles. The van der Waals surface area contributed by atoms with Crippen molar-refractivity contribution in [2.24, 2.45) is 0 Å². The van der Waals surface area contributed by atoms with E-state index in [4.69, 9.17) is 4.74 Å². The molecule has 1 N–H and O–H groups in total. The van der Waals surface area contributed by atoms with Crippen LogP contribution in [0.15, 0.2) is 48.5 Å². The third-order valence-corrected chi connectivity index (χ3v) is 4.96. The number of likely N-dealkylation sites (tertiary alicyclic amines) is 1. The van der Waals surface area contributed by atoms with Gasteiger partial charge in [-0.25, -0.2) is 4.79 Å². The molecule has 0 saturated carbocycles. The van der Waals surface area contributed by atoms with Crippen molar-refractivity contribution in [3.63, 3.8) is 0 Å². The molecule has 2 amide bonds. The average molecular weight is 394 g/mol. The molecule has 0 radical (unpaired) electrons. The zero-order valence-corrected chi connectivity index (χ0v) is 16.6. The van der Waals surface area contributed by atoms with Crippen molar-refractivity contribution in [3.8, 4) is 0 Å². The monoisotopic (exact) mass is 394 g/mol. The van der Waals surface area contributed by atoms with E-state index in [0.717, 1.165) is 31.2 Å². The molecule has 2 aromatic carbocycles. The van der Waals surface area contributed by atoms with E-state index in [-0.39, 0.29) is 24.0 Å². The van der Waals surface area contributed by atoms with Crippen molar-refractivity contribution in [1.29, 1.82) is 0 Å². The van der Waals surface area contributed by atoms with Gasteiger partial charge in [0.1, 0.15) is 0 Å². The predicted molar refractivity (Wildman–Crippen MR) is 111 cm³/mol. The maximum atomic E-state index is 12.5. The highest BCUT2D eigenvalue weighted by atomic mass is 16.5. The Morgan fingerprint density at radius 3 is 2.41 bits per heavy atom. The van der Waals surface area contributed by atoms with Crippen molar-refractivity contribution < 1.29 is 19.1 Å². The molecule has 152 valence electrons. The van der Waals surface area contributed by atoms with Gasteiger partial charge < -0.3 is 15.0 Å². The van der Waals surface area contributed by atoms with Crippen LogP contribution < -0.4 is 5.32 Å². The van der Waals surface area contributed by atoms with Gasteiger partial charge in [0, 0.05) is 18.7 Å². The van der Waals surface area contributed by atoms with Gasteiger partial charge in [0.2, 0.25) is 0 Å². The van der Waals surface area contributed by atoms with Crippen molar-refractivity contribution in [3.05, 3.63) is 65.2 Å². The predicted octanol–water partition coefficient (Wildman–Crippen LogP) is 3.81. The van der Waals surface area contributed by atoms with Crippen LogP contribution >= 0.6 is 0 Å². The molecule has 0 unspecified atom stereocenters. The molecule has 6 nitrogen and oxygen atoms in total. The lowest BCUT2D eigenvalue weighted by atomic mass is 10.1. The summed E-state index contributed by atoms with van der Waals surface area (Å²) in [5.41, 5.74) is 2.05. The Kier molecular flexibility index (Phi) is 7.00. The third-order valence-electron chi connectivity index (χ3n) is 4.96. The minimum atomic E-state index is -0.631. The van der Waals surface area contributed by atoms with Crippen LogP contribution in [0.2, 0.25) is 0 Å². The van der Waals surface area contributed by atoms with Crippen LogP contribution in [0.5, 0.6) is 0 Å². The first kappa shape index (κ1) is 20.6. The van der Waals surface area contributed by atoms with E-state index < -0.39 is 5.97 Å². The summed E-state index contributed by atoms with van der Waals surface area (Å²) in [6.07, 6.45) is 4.20. The topological polar surface area (TPSA) is 75.7 Å². The van der Waals surface area contributed by atoms with Crippen LogP contribution in [-0.4, -0.2) is 42.4 Å². The third kappa shape index (κ3) is 5.67. The van der Waals surface area contributed by atoms with Gasteiger partial charge in [0.15, 0.2) is 6.61 Å².